The number of nitrogens with one attached hydrogen (secondary N) is 1. The van der Waals surface area contributed by atoms with Crippen molar-refractivity contribution in [1.82, 2.24) is 10.2 Å². The van der Waals surface area contributed by atoms with Crippen molar-refractivity contribution >= 4 is 5.91 Å². The summed E-state index contributed by atoms with van der Waals surface area (Å²) in [4.78, 5) is 13.6. The van der Waals surface area contributed by atoms with Crippen molar-refractivity contribution in [1.29, 1.82) is 0 Å². The van der Waals surface area contributed by atoms with E-state index in [2.05, 4.69) is 5.32 Å². The maximum absolute atomic E-state index is 11.6. The van der Waals surface area contributed by atoms with Crippen LogP contribution in [-0.4, -0.2) is 23.5 Å². The lowest BCUT2D eigenvalue weighted by Crippen LogP contribution is -2.48. The first-order chi connectivity index (χ1) is 5.70. The molecule has 1 fully saturated rings. The van der Waals surface area contributed by atoms with E-state index in [0.717, 1.165) is 30.7 Å². The molecule has 1 atom stereocenters. The molecule has 0 saturated carbocycles. The summed E-state index contributed by atoms with van der Waals surface area (Å²) < 4.78 is 0. The van der Waals surface area contributed by atoms with Gasteiger partial charge >= 0.3 is 0 Å². The van der Waals surface area contributed by atoms with Gasteiger partial charge in [0.15, 0.2) is 0 Å². The highest BCUT2D eigenvalue weighted by atomic mass is 16.2. The van der Waals surface area contributed by atoms with Crippen molar-refractivity contribution in [3.05, 3.63) is 11.3 Å². The van der Waals surface area contributed by atoms with Crippen molar-refractivity contribution in [2.75, 3.05) is 6.54 Å². The molecule has 0 aliphatic carbocycles. The van der Waals surface area contributed by atoms with Crippen LogP contribution in [0.1, 0.15) is 26.7 Å². The van der Waals surface area contributed by atoms with Crippen LogP contribution >= 0.6 is 0 Å². The molecule has 2 heterocycles. The van der Waals surface area contributed by atoms with E-state index >= 15 is 0 Å². The quantitative estimate of drug-likeness (QED) is 0.578. The molecule has 66 valence electrons. The second-order valence-corrected chi connectivity index (χ2v) is 3.55. The van der Waals surface area contributed by atoms with Gasteiger partial charge in [-0.2, -0.15) is 0 Å². The molecule has 1 saturated heterocycles. The highest BCUT2D eigenvalue weighted by Gasteiger charge is 2.33. The molecule has 0 radical (unpaired) electrons. The molecule has 0 aromatic rings. The predicted octanol–water partition coefficient (Wildman–Crippen LogP) is 0.832. The average Bonchev–Trinajstić information content (AvgIpc) is 2.48. The summed E-state index contributed by atoms with van der Waals surface area (Å²) in [5.41, 5.74) is 1.91. The Morgan fingerprint density at radius 2 is 2.25 bits per heavy atom. The maximum atomic E-state index is 11.6. The Morgan fingerprint density at radius 3 is 3.00 bits per heavy atom. The smallest absolute Gasteiger partial charge is 0.252 e. The minimum absolute atomic E-state index is 0.216. The van der Waals surface area contributed by atoms with Crippen LogP contribution in [0.25, 0.3) is 0 Å². The van der Waals surface area contributed by atoms with Gasteiger partial charge in [-0.25, -0.2) is 0 Å². The Balaban J connectivity index is 2.30. The van der Waals surface area contributed by atoms with Crippen molar-refractivity contribution in [2.45, 2.75) is 32.9 Å². The van der Waals surface area contributed by atoms with E-state index in [0.29, 0.717) is 0 Å². The van der Waals surface area contributed by atoms with Crippen molar-refractivity contribution in [2.24, 2.45) is 0 Å². The second-order valence-electron chi connectivity index (χ2n) is 3.55. The van der Waals surface area contributed by atoms with Crippen LogP contribution in [0.5, 0.6) is 0 Å². The lowest BCUT2D eigenvalue weighted by Gasteiger charge is -2.32. The number of nitrogens with zero attached hydrogens (tertiary/aromatic N) is 1. The monoisotopic (exact) mass is 166 g/mol. The number of rotatable bonds is 0. The van der Waals surface area contributed by atoms with Gasteiger partial charge in [0.25, 0.3) is 5.91 Å². The molecule has 0 bridgehead atoms. The zero-order chi connectivity index (χ0) is 8.72. The first-order valence-corrected chi connectivity index (χ1v) is 4.45. The first-order valence-electron chi connectivity index (χ1n) is 4.45. The number of amides is 1. The molecule has 0 unspecified atom stereocenters. The van der Waals surface area contributed by atoms with Crippen molar-refractivity contribution in [3.63, 3.8) is 0 Å². The van der Waals surface area contributed by atoms with Gasteiger partial charge in [0.05, 0.1) is 0 Å². The molecule has 2 aliphatic rings. The number of carbonyl (C=O) groups is 1. The van der Waals surface area contributed by atoms with Gasteiger partial charge in [0, 0.05) is 17.8 Å². The Kier molecular flexibility index (Phi) is 1.60. The van der Waals surface area contributed by atoms with Crippen molar-refractivity contribution in [3.8, 4) is 0 Å². The lowest BCUT2D eigenvalue weighted by atomic mass is 10.1. The number of carbonyl (C=O) groups excluding carboxylic acids is 1. The molecule has 0 spiro atoms. The van der Waals surface area contributed by atoms with Crippen LogP contribution in [0.3, 0.4) is 0 Å². The van der Waals surface area contributed by atoms with Crippen LogP contribution in [0, 0.1) is 0 Å². The van der Waals surface area contributed by atoms with Crippen LogP contribution in [0.4, 0.5) is 0 Å². The topological polar surface area (TPSA) is 32.3 Å². The number of hydrogen-bond donors (Lipinski definition) is 1. The highest BCUT2D eigenvalue weighted by Crippen LogP contribution is 2.23. The van der Waals surface area contributed by atoms with E-state index in [1.54, 1.807) is 0 Å². The molecule has 1 N–H and O–H groups in total. The molecular formula is C9H14N2O. The Labute approximate surface area is 72.4 Å². The predicted molar refractivity (Wildman–Crippen MR) is 46.2 cm³/mol. The fourth-order valence-corrected chi connectivity index (χ4v) is 1.89. The number of fused-ring (bicyclic) bond motifs is 1. The van der Waals surface area contributed by atoms with Crippen LogP contribution in [0.15, 0.2) is 11.3 Å². The molecule has 1 amide bonds. The van der Waals surface area contributed by atoms with Crippen molar-refractivity contribution < 1.29 is 4.79 Å². The van der Waals surface area contributed by atoms with E-state index < -0.39 is 0 Å². The zero-order valence-corrected chi connectivity index (χ0v) is 7.55. The van der Waals surface area contributed by atoms with Crippen LogP contribution in [0.2, 0.25) is 0 Å². The van der Waals surface area contributed by atoms with E-state index in [4.69, 9.17) is 0 Å². The molecule has 2 aliphatic heterocycles. The Morgan fingerprint density at radius 1 is 1.50 bits per heavy atom. The summed E-state index contributed by atoms with van der Waals surface area (Å²) in [5.74, 6) is 0.216. The summed E-state index contributed by atoms with van der Waals surface area (Å²) in [6.45, 7) is 4.78. The van der Waals surface area contributed by atoms with Crippen LogP contribution < -0.4 is 5.32 Å². The normalized spacial score (nSPS) is 29.0. The largest absolute Gasteiger partial charge is 0.368 e. The summed E-state index contributed by atoms with van der Waals surface area (Å²) in [7, 11) is 0. The number of allylic oxidation sites excluding steroid dienone is 1. The van der Waals surface area contributed by atoms with Gasteiger partial charge in [-0.15, -0.1) is 0 Å². The zero-order valence-electron chi connectivity index (χ0n) is 7.55. The van der Waals surface area contributed by atoms with Gasteiger partial charge < -0.3 is 10.2 Å². The average molecular weight is 166 g/mol. The van der Waals surface area contributed by atoms with Gasteiger partial charge in [-0.1, -0.05) is 0 Å². The molecule has 2 rings (SSSR count). The molecule has 0 aromatic heterocycles. The molecule has 3 nitrogen and oxygen atoms in total. The minimum Gasteiger partial charge on any atom is -0.368 e. The Hall–Kier alpha value is -0.990. The molecule has 0 aromatic carbocycles. The summed E-state index contributed by atoms with van der Waals surface area (Å²) >= 11 is 0. The lowest BCUT2D eigenvalue weighted by molar-refractivity contribution is -0.129. The fourth-order valence-electron chi connectivity index (χ4n) is 1.89. The minimum atomic E-state index is 0.216. The third-order valence-corrected chi connectivity index (χ3v) is 2.78. The third kappa shape index (κ3) is 0.924. The maximum Gasteiger partial charge on any atom is 0.252 e. The van der Waals surface area contributed by atoms with Gasteiger partial charge in [0.2, 0.25) is 0 Å². The summed E-state index contributed by atoms with van der Waals surface area (Å²) in [6, 6.07) is 0. The standard InChI is InChI=1S/C9H14N2O/c1-6-7(2)10-8-4-3-5-11(8)9(6)12/h8,10H,3-5H2,1-2H3/t8-/m0/s1. The Bertz CT molecular complexity index is 257. The molecular weight excluding hydrogens is 152 g/mol. The van der Waals surface area contributed by atoms with Crippen LogP contribution in [-0.2, 0) is 4.79 Å². The molecule has 12 heavy (non-hydrogen) atoms. The third-order valence-electron chi connectivity index (χ3n) is 2.78. The van der Waals surface area contributed by atoms with Gasteiger partial charge in [-0.3, -0.25) is 4.79 Å². The number of hydrogen-bond acceptors (Lipinski definition) is 2. The van der Waals surface area contributed by atoms with Gasteiger partial charge in [0.1, 0.15) is 6.17 Å². The fraction of sp³-hybridized carbons (Fsp3) is 0.667. The molecule has 3 heteroatoms. The van der Waals surface area contributed by atoms with E-state index in [1.165, 1.54) is 0 Å². The van der Waals surface area contributed by atoms with Gasteiger partial charge in [-0.05, 0) is 26.7 Å². The van der Waals surface area contributed by atoms with E-state index in [1.807, 2.05) is 18.7 Å². The first kappa shape index (κ1) is 7.65. The highest BCUT2D eigenvalue weighted by molar-refractivity contribution is 5.94. The SMILES string of the molecule is CC1=C(C)C(=O)N2CCC[C@H]2N1. The second kappa shape index (κ2) is 2.51. The summed E-state index contributed by atoms with van der Waals surface area (Å²) in [5, 5.41) is 3.34. The summed E-state index contributed by atoms with van der Waals surface area (Å²) in [6.07, 6.45) is 2.50. The van der Waals surface area contributed by atoms with E-state index in [9.17, 15) is 4.79 Å². The van der Waals surface area contributed by atoms with E-state index in [-0.39, 0.29) is 12.1 Å².